The number of carbonyl (C=O) groups excluding carboxylic acids is 1. The second-order valence-electron chi connectivity index (χ2n) is 7.75. The van der Waals surface area contributed by atoms with Crippen molar-refractivity contribution in [1.29, 1.82) is 0 Å². The first-order chi connectivity index (χ1) is 15.1. The highest BCUT2D eigenvalue weighted by Gasteiger charge is 2.19. The van der Waals surface area contributed by atoms with Gasteiger partial charge < -0.3 is 15.2 Å². The molecule has 0 saturated carbocycles. The molecule has 1 fully saturated rings. The number of carbonyl (C=O) groups is 1. The molecule has 1 aliphatic heterocycles. The standard InChI is InChI=1S/C23H21FN6O/c1-14-8-15(12-25-11-14)16-9-20-22(26-13-16)29-21(28-20)18-10-17(4-5-19(18)24)27-23(31)30-6-2-3-7-30/h4-5,8-13H,2-3,6-7H2,1H3,(H,27,31)(H,26,28,29). The lowest BCUT2D eigenvalue weighted by Gasteiger charge is -2.16. The summed E-state index contributed by atoms with van der Waals surface area (Å²) in [6.07, 6.45) is 7.32. The number of H-pyrrole nitrogens is 1. The molecule has 2 amide bonds. The predicted molar refractivity (Wildman–Crippen MR) is 117 cm³/mol. The lowest BCUT2D eigenvalue weighted by Crippen LogP contribution is -2.32. The van der Waals surface area contributed by atoms with E-state index in [-0.39, 0.29) is 11.6 Å². The molecule has 1 aromatic carbocycles. The molecule has 0 aliphatic carbocycles. The van der Waals surface area contributed by atoms with E-state index in [0.29, 0.717) is 22.7 Å². The van der Waals surface area contributed by atoms with Gasteiger partial charge in [0.2, 0.25) is 0 Å². The fraction of sp³-hybridized carbons (Fsp3) is 0.217. The maximum atomic E-state index is 14.6. The molecule has 5 rings (SSSR count). The molecule has 4 heterocycles. The van der Waals surface area contributed by atoms with E-state index in [9.17, 15) is 9.18 Å². The number of benzene rings is 1. The summed E-state index contributed by atoms with van der Waals surface area (Å²) in [5.41, 5.74) is 4.88. The maximum Gasteiger partial charge on any atom is 0.321 e. The summed E-state index contributed by atoms with van der Waals surface area (Å²) in [6, 6.07) is 8.26. The summed E-state index contributed by atoms with van der Waals surface area (Å²) in [5, 5.41) is 2.85. The van der Waals surface area contributed by atoms with Crippen LogP contribution < -0.4 is 5.32 Å². The number of hydrogen-bond acceptors (Lipinski definition) is 4. The van der Waals surface area contributed by atoms with Gasteiger partial charge in [0.15, 0.2) is 5.65 Å². The number of hydrogen-bond donors (Lipinski definition) is 2. The number of aromatic nitrogens is 4. The highest BCUT2D eigenvalue weighted by Crippen LogP contribution is 2.28. The molecular weight excluding hydrogens is 395 g/mol. The highest BCUT2D eigenvalue weighted by atomic mass is 19.1. The zero-order valence-corrected chi connectivity index (χ0v) is 17.0. The Morgan fingerprint density at radius 1 is 1.10 bits per heavy atom. The first kappa shape index (κ1) is 19.2. The van der Waals surface area contributed by atoms with E-state index in [4.69, 9.17) is 0 Å². The first-order valence-corrected chi connectivity index (χ1v) is 10.2. The van der Waals surface area contributed by atoms with Crippen molar-refractivity contribution in [1.82, 2.24) is 24.8 Å². The van der Waals surface area contributed by atoms with Crippen molar-refractivity contribution in [2.75, 3.05) is 18.4 Å². The van der Waals surface area contributed by atoms with Crippen LogP contribution in [0.5, 0.6) is 0 Å². The topological polar surface area (TPSA) is 86.8 Å². The Labute approximate surface area is 178 Å². The SMILES string of the molecule is Cc1cncc(-c2cnc3nc(-c4cc(NC(=O)N5CCCC5)ccc4F)[nH]c3c2)c1. The highest BCUT2D eigenvalue weighted by molar-refractivity contribution is 5.90. The summed E-state index contributed by atoms with van der Waals surface area (Å²) in [7, 11) is 0. The van der Waals surface area contributed by atoms with Crippen molar-refractivity contribution in [3.05, 3.63) is 60.3 Å². The summed E-state index contributed by atoms with van der Waals surface area (Å²) in [5.74, 6) is -0.0712. The van der Waals surface area contributed by atoms with Crippen LogP contribution in [0, 0.1) is 12.7 Å². The average molecular weight is 416 g/mol. The molecule has 0 spiro atoms. The molecule has 31 heavy (non-hydrogen) atoms. The predicted octanol–water partition coefficient (Wildman–Crippen LogP) is 4.76. The zero-order chi connectivity index (χ0) is 21.4. The van der Waals surface area contributed by atoms with Gasteiger partial charge in [-0.25, -0.2) is 19.2 Å². The van der Waals surface area contributed by atoms with Crippen LogP contribution in [0.4, 0.5) is 14.9 Å². The van der Waals surface area contributed by atoms with Crippen LogP contribution in [0.2, 0.25) is 0 Å². The van der Waals surface area contributed by atoms with E-state index < -0.39 is 5.82 Å². The number of nitrogens with zero attached hydrogens (tertiary/aromatic N) is 4. The molecule has 156 valence electrons. The Kier molecular flexibility index (Phi) is 4.82. The second kappa shape index (κ2) is 7.79. The molecule has 7 nitrogen and oxygen atoms in total. The van der Waals surface area contributed by atoms with Gasteiger partial charge in [-0.05, 0) is 55.7 Å². The van der Waals surface area contributed by atoms with Crippen molar-refractivity contribution in [3.63, 3.8) is 0 Å². The Bertz CT molecular complexity index is 1280. The Morgan fingerprint density at radius 3 is 2.71 bits per heavy atom. The largest absolute Gasteiger partial charge is 0.336 e. The third-order valence-electron chi connectivity index (χ3n) is 5.41. The van der Waals surface area contributed by atoms with Gasteiger partial charge in [-0.1, -0.05) is 0 Å². The molecule has 0 unspecified atom stereocenters. The molecule has 1 saturated heterocycles. The molecule has 2 N–H and O–H groups in total. The number of amides is 2. The van der Waals surface area contributed by atoms with Gasteiger partial charge >= 0.3 is 6.03 Å². The van der Waals surface area contributed by atoms with Crippen LogP contribution in [-0.4, -0.2) is 44.0 Å². The van der Waals surface area contributed by atoms with Crippen molar-refractivity contribution in [3.8, 4) is 22.5 Å². The minimum Gasteiger partial charge on any atom is -0.336 e. The van der Waals surface area contributed by atoms with E-state index in [0.717, 1.165) is 42.6 Å². The number of fused-ring (bicyclic) bond motifs is 1. The third-order valence-corrected chi connectivity index (χ3v) is 5.41. The van der Waals surface area contributed by atoms with E-state index in [1.54, 1.807) is 35.6 Å². The van der Waals surface area contributed by atoms with Crippen LogP contribution in [0.1, 0.15) is 18.4 Å². The van der Waals surface area contributed by atoms with Gasteiger partial charge in [0.25, 0.3) is 0 Å². The number of likely N-dealkylation sites (tertiary alicyclic amines) is 1. The summed E-state index contributed by atoms with van der Waals surface area (Å²) < 4.78 is 14.6. The fourth-order valence-corrected chi connectivity index (χ4v) is 3.81. The lowest BCUT2D eigenvalue weighted by atomic mass is 10.1. The van der Waals surface area contributed by atoms with E-state index in [1.165, 1.54) is 6.07 Å². The van der Waals surface area contributed by atoms with Crippen LogP contribution >= 0.6 is 0 Å². The fourth-order valence-electron chi connectivity index (χ4n) is 3.81. The number of imidazole rings is 1. The zero-order valence-electron chi connectivity index (χ0n) is 17.0. The number of halogens is 1. The van der Waals surface area contributed by atoms with Crippen molar-refractivity contribution >= 4 is 22.9 Å². The minimum absolute atomic E-state index is 0.169. The maximum absolute atomic E-state index is 14.6. The Hall–Kier alpha value is -3.81. The van der Waals surface area contributed by atoms with Gasteiger partial charge in [-0.3, -0.25) is 4.98 Å². The number of nitrogens with one attached hydrogen (secondary N) is 2. The number of pyridine rings is 2. The first-order valence-electron chi connectivity index (χ1n) is 10.2. The van der Waals surface area contributed by atoms with Gasteiger partial charge in [0, 0.05) is 48.5 Å². The normalized spacial score (nSPS) is 13.7. The second-order valence-corrected chi connectivity index (χ2v) is 7.75. The number of anilines is 1. The number of aromatic amines is 1. The Balaban J connectivity index is 1.46. The van der Waals surface area contributed by atoms with E-state index in [1.807, 2.05) is 19.1 Å². The van der Waals surface area contributed by atoms with Crippen LogP contribution in [0.3, 0.4) is 0 Å². The minimum atomic E-state index is -0.429. The van der Waals surface area contributed by atoms with E-state index in [2.05, 4.69) is 25.3 Å². The van der Waals surface area contributed by atoms with Crippen LogP contribution in [-0.2, 0) is 0 Å². The number of urea groups is 1. The molecule has 3 aromatic heterocycles. The van der Waals surface area contributed by atoms with E-state index >= 15 is 0 Å². The third kappa shape index (κ3) is 3.84. The summed E-state index contributed by atoms with van der Waals surface area (Å²) in [6.45, 7) is 3.47. The lowest BCUT2D eigenvalue weighted by molar-refractivity contribution is 0.222. The molecule has 8 heteroatoms. The van der Waals surface area contributed by atoms with Gasteiger partial charge in [-0.15, -0.1) is 0 Å². The summed E-state index contributed by atoms with van der Waals surface area (Å²) >= 11 is 0. The van der Waals surface area contributed by atoms with Crippen LogP contribution in [0.15, 0.2) is 48.9 Å². The summed E-state index contributed by atoms with van der Waals surface area (Å²) in [4.78, 5) is 30.4. The molecule has 0 atom stereocenters. The van der Waals surface area contributed by atoms with Gasteiger partial charge in [-0.2, -0.15) is 0 Å². The average Bonchev–Trinajstić information content (AvgIpc) is 3.44. The van der Waals surface area contributed by atoms with Crippen LogP contribution in [0.25, 0.3) is 33.7 Å². The molecular formula is C23H21FN6O. The quantitative estimate of drug-likeness (QED) is 0.504. The van der Waals surface area contributed by atoms with Crippen molar-refractivity contribution in [2.24, 2.45) is 0 Å². The smallest absolute Gasteiger partial charge is 0.321 e. The van der Waals surface area contributed by atoms with Crippen molar-refractivity contribution in [2.45, 2.75) is 19.8 Å². The number of aryl methyl sites for hydroxylation is 1. The van der Waals surface area contributed by atoms with Gasteiger partial charge in [0.1, 0.15) is 11.6 Å². The monoisotopic (exact) mass is 416 g/mol. The molecule has 0 bridgehead atoms. The van der Waals surface area contributed by atoms with Gasteiger partial charge in [0.05, 0.1) is 11.1 Å². The molecule has 4 aromatic rings. The molecule has 1 aliphatic rings. The van der Waals surface area contributed by atoms with Crippen molar-refractivity contribution < 1.29 is 9.18 Å². The Morgan fingerprint density at radius 2 is 1.90 bits per heavy atom. The number of rotatable bonds is 3. The molecule has 0 radical (unpaired) electrons.